The summed E-state index contributed by atoms with van der Waals surface area (Å²) in [5.74, 6) is -0.677. The standard InChI is InChI=1S/C12H14FN3O3/c1-19-6-5-15(4-2-3-14)11-7-10(13)8-12(9-11)16(17)18/h7-9H,2,4-6H2,1H3. The summed E-state index contributed by atoms with van der Waals surface area (Å²) in [7, 11) is 1.52. The van der Waals surface area contributed by atoms with Gasteiger partial charge >= 0.3 is 0 Å². The van der Waals surface area contributed by atoms with Crippen molar-refractivity contribution in [2.24, 2.45) is 0 Å². The van der Waals surface area contributed by atoms with Gasteiger partial charge in [-0.1, -0.05) is 0 Å². The van der Waals surface area contributed by atoms with Gasteiger partial charge in [-0.3, -0.25) is 10.1 Å². The maximum atomic E-state index is 13.4. The second kappa shape index (κ2) is 7.28. The van der Waals surface area contributed by atoms with Crippen LogP contribution in [0.4, 0.5) is 15.8 Å². The van der Waals surface area contributed by atoms with E-state index in [9.17, 15) is 14.5 Å². The van der Waals surface area contributed by atoms with E-state index in [1.165, 1.54) is 19.2 Å². The van der Waals surface area contributed by atoms with Gasteiger partial charge in [0, 0.05) is 32.0 Å². The summed E-state index contributed by atoms with van der Waals surface area (Å²) in [4.78, 5) is 11.7. The summed E-state index contributed by atoms with van der Waals surface area (Å²) >= 11 is 0. The van der Waals surface area contributed by atoms with Gasteiger partial charge in [-0.15, -0.1) is 0 Å². The molecule has 1 rings (SSSR count). The molecule has 7 heteroatoms. The number of rotatable bonds is 7. The Morgan fingerprint density at radius 3 is 2.79 bits per heavy atom. The van der Waals surface area contributed by atoms with E-state index < -0.39 is 10.7 Å². The molecule has 0 radical (unpaired) electrons. The summed E-state index contributed by atoms with van der Waals surface area (Å²) in [6.45, 7) is 1.18. The van der Waals surface area contributed by atoms with Crippen molar-refractivity contribution in [1.29, 1.82) is 5.26 Å². The monoisotopic (exact) mass is 267 g/mol. The largest absolute Gasteiger partial charge is 0.383 e. The molecule has 0 saturated heterocycles. The first-order chi connectivity index (χ1) is 9.08. The number of nitrogens with zero attached hydrogens (tertiary/aromatic N) is 3. The Morgan fingerprint density at radius 1 is 1.47 bits per heavy atom. The molecule has 0 bridgehead atoms. The zero-order chi connectivity index (χ0) is 14.3. The Labute approximate surface area is 110 Å². The molecule has 0 aliphatic rings. The lowest BCUT2D eigenvalue weighted by molar-refractivity contribution is -0.385. The highest BCUT2D eigenvalue weighted by Gasteiger charge is 2.14. The van der Waals surface area contributed by atoms with Crippen molar-refractivity contribution in [3.05, 3.63) is 34.1 Å². The molecule has 0 fully saturated rings. The van der Waals surface area contributed by atoms with Gasteiger partial charge in [0.1, 0.15) is 5.82 Å². The SMILES string of the molecule is COCCN(CCC#N)c1cc(F)cc([N+](=O)[O-])c1. The van der Waals surface area contributed by atoms with Gasteiger partial charge in [-0.05, 0) is 6.07 Å². The number of hydrogen-bond acceptors (Lipinski definition) is 5. The molecule has 0 saturated carbocycles. The van der Waals surface area contributed by atoms with Crippen LogP contribution in [0.1, 0.15) is 6.42 Å². The van der Waals surface area contributed by atoms with E-state index in [1.54, 1.807) is 4.90 Å². The molecule has 0 aliphatic carbocycles. The fourth-order valence-electron chi connectivity index (χ4n) is 1.60. The van der Waals surface area contributed by atoms with E-state index in [4.69, 9.17) is 10.00 Å². The topological polar surface area (TPSA) is 79.4 Å². The summed E-state index contributed by atoms with van der Waals surface area (Å²) < 4.78 is 18.3. The number of nitro benzene ring substituents is 1. The minimum atomic E-state index is -0.677. The van der Waals surface area contributed by atoms with Crippen LogP contribution in [-0.2, 0) is 4.74 Å². The lowest BCUT2D eigenvalue weighted by atomic mass is 10.2. The Balaban J connectivity index is 2.99. The van der Waals surface area contributed by atoms with Gasteiger partial charge in [0.2, 0.25) is 0 Å². The van der Waals surface area contributed by atoms with E-state index in [-0.39, 0.29) is 12.1 Å². The molecule has 6 nitrogen and oxygen atoms in total. The normalized spacial score (nSPS) is 9.95. The molecule has 0 atom stereocenters. The molecule has 0 amide bonds. The summed E-state index contributed by atoms with van der Waals surface area (Å²) in [6.07, 6.45) is 0.244. The number of benzene rings is 1. The molecule has 0 aromatic heterocycles. The molecule has 1 aromatic carbocycles. The number of methoxy groups -OCH3 is 1. The van der Waals surface area contributed by atoms with E-state index in [0.717, 1.165) is 6.07 Å². The van der Waals surface area contributed by atoms with Gasteiger partial charge < -0.3 is 9.64 Å². The quantitative estimate of drug-likeness (QED) is 0.558. The third kappa shape index (κ3) is 4.52. The second-order valence-corrected chi connectivity index (χ2v) is 3.81. The van der Waals surface area contributed by atoms with Crippen LogP contribution in [0.15, 0.2) is 18.2 Å². The van der Waals surface area contributed by atoms with Crippen LogP contribution in [-0.4, -0.2) is 31.7 Å². The highest BCUT2D eigenvalue weighted by atomic mass is 19.1. The Hall–Kier alpha value is -2.20. The van der Waals surface area contributed by atoms with Crippen LogP contribution in [0.5, 0.6) is 0 Å². The maximum Gasteiger partial charge on any atom is 0.274 e. The first kappa shape index (κ1) is 14.9. The van der Waals surface area contributed by atoms with Gasteiger partial charge in [0.15, 0.2) is 0 Å². The molecule has 0 spiro atoms. The zero-order valence-electron chi connectivity index (χ0n) is 10.5. The summed E-state index contributed by atoms with van der Waals surface area (Å²) in [5.41, 5.74) is 0.0633. The number of nitro groups is 1. The number of halogens is 1. The summed E-state index contributed by atoms with van der Waals surface area (Å²) in [5, 5.41) is 19.3. The minimum Gasteiger partial charge on any atom is -0.383 e. The van der Waals surface area contributed by atoms with E-state index in [2.05, 4.69) is 0 Å². The lowest BCUT2D eigenvalue weighted by Crippen LogP contribution is -2.28. The number of ether oxygens (including phenoxy) is 1. The van der Waals surface area contributed by atoms with Crippen molar-refractivity contribution >= 4 is 11.4 Å². The van der Waals surface area contributed by atoms with Gasteiger partial charge in [-0.25, -0.2) is 4.39 Å². The van der Waals surface area contributed by atoms with E-state index in [1.807, 2.05) is 6.07 Å². The van der Waals surface area contributed by atoms with Crippen LogP contribution in [0.2, 0.25) is 0 Å². The number of anilines is 1. The molecule has 0 N–H and O–H groups in total. The average Bonchev–Trinajstić information content (AvgIpc) is 2.38. The molecule has 1 aromatic rings. The van der Waals surface area contributed by atoms with Gasteiger partial charge in [0.25, 0.3) is 5.69 Å². The van der Waals surface area contributed by atoms with Crippen molar-refractivity contribution in [2.75, 3.05) is 31.7 Å². The lowest BCUT2D eigenvalue weighted by Gasteiger charge is -2.23. The third-order valence-electron chi connectivity index (χ3n) is 2.50. The highest BCUT2D eigenvalue weighted by molar-refractivity contribution is 5.53. The zero-order valence-corrected chi connectivity index (χ0v) is 10.5. The number of nitriles is 1. The molecular formula is C12H14FN3O3. The van der Waals surface area contributed by atoms with Crippen LogP contribution < -0.4 is 4.90 Å². The molecule has 19 heavy (non-hydrogen) atoms. The molecule has 0 unspecified atom stereocenters. The van der Waals surface area contributed by atoms with Crippen molar-refractivity contribution in [1.82, 2.24) is 0 Å². The Kier molecular flexibility index (Phi) is 5.70. The van der Waals surface area contributed by atoms with E-state index >= 15 is 0 Å². The number of non-ortho nitro benzene ring substituents is 1. The van der Waals surface area contributed by atoms with Crippen LogP contribution in [0.25, 0.3) is 0 Å². The molecule has 102 valence electrons. The average molecular weight is 267 g/mol. The highest BCUT2D eigenvalue weighted by Crippen LogP contribution is 2.23. The predicted molar refractivity (Wildman–Crippen MR) is 67.4 cm³/mol. The van der Waals surface area contributed by atoms with Crippen LogP contribution in [0, 0.1) is 27.3 Å². The first-order valence-electron chi connectivity index (χ1n) is 5.64. The molecule has 0 aliphatic heterocycles. The Bertz CT molecular complexity index is 488. The van der Waals surface area contributed by atoms with Crippen molar-refractivity contribution in [3.8, 4) is 6.07 Å². The van der Waals surface area contributed by atoms with Crippen LogP contribution in [0.3, 0.4) is 0 Å². The predicted octanol–water partition coefficient (Wildman–Crippen LogP) is 2.10. The van der Waals surface area contributed by atoms with Crippen LogP contribution >= 0.6 is 0 Å². The van der Waals surface area contributed by atoms with Gasteiger partial charge in [0.05, 0.1) is 30.1 Å². The number of hydrogen-bond donors (Lipinski definition) is 0. The van der Waals surface area contributed by atoms with Crippen molar-refractivity contribution < 1.29 is 14.1 Å². The maximum absolute atomic E-state index is 13.4. The fourth-order valence-corrected chi connectivity index (χ4v) is 1.60. The smallest absolute Gasteiger partial charge is 0.274 e. The molecule has 0 heterocycles. The summed E-state index contributed by atoms with van der Waals surface area (Å²) in [6, 6.07) is 5.35. The molecular weight excluding hydrogens is 253 g/mol. The first-order valence-corrected chi connectivity index (χ1v) is 5.64. The van der Waals surface area contributed by atoms with Crippen molar-refractivity contribution in [3.63, 3.8) is 0 Å². The third-order valence-corrected chi connectivity index (χ3v) is 2.50. The van der Waals surface area contributed by atoms with Crippen molar-refractivity contribution in [2.45, 2.75) is 6.42 Å². The minimum absolute atomic E-state index is 0.244. The second-order valence-electron chi connectivity index (χ2n) is 3.81. The van der Waals surface area contributed by atoms with Gasteiger partial charge in [-0.2, -0.15) is 5.26 Å². The van der Waals surface area contributed by atoms with E-state index in [0.29, 0.717) is 25.4 Å². The Morgan fingerprint density at radius 2 is 2.21 bits per heavy atom. The fraction of sp³-hybridized carbons (Fsp3) is 0.417.